The predicted octanol–water partition coefficient (Wildman–Crippen LogP) is 2.37. The first-order valence-electron chi connectivity index (χ1n) is 5.38. The highest BCUT2D eigenvalue weighted by molar-refractivity contribution is 7.15. The van der Waals surface area contributed by atoms with E-state index in [0.29, 0.717) is 6.61 Å². The van der Waals surface area contributed by atoms with Crippen LogP contribution in [-0.4, -0.2) is 17.1 Å². The lowest BCUT2D eigenvalue weighted by molar-refractivity contribution is 0.181. The molecule has 17 heavy (non-hydrogen) atoms. The SMILES string of the molecule is COCc1nc(-c2ccccn2)sc1C(C)N. The van der Waals surface area contributed by atoms with Crippen molar-refractivity contribution < 1.29 is 4.74 Å². The monoisotopic (exact) mass is 249 g/mol. The third-order valence-electron chi connectivity index (χ3n) is 2.31. The van der Waals surface area contributed by atoms with Gasteiger partial charge in [-0.25, -0.2) is 4.98 Å². The predicted molar refractivity (Wildman–Crippen MR) is 68.7 cm³/mol. The van der Waals surface area contributed by atoms with Gasteiger partial charge in [-0.3, -0.25) is 4.98 Å². The smallest absolute Gasteiger partial charge is 0.142 e. The third-order valence-corrected chi connectivity index (χ3v) is 3.63. The van der Waals surface area contributed by atoms with E-state index in [0.717, 1.165) is 21.3 Å². The van der Waals surface area contributed by atoms with E-state index < -0.39 is 0 Å². The van der Waals surface area contributed by atoms with Gasteiger partial charge in [0.25, 0.3) is 0 Å². The van der Waals surface area contributed by atoms with Gasteiger partial charge >= 0.3 is 0 Å². The number of nitrogens with two attached hydrogens (primary N) is 1. The molecule has 4 nitrogen and oxygen atoms in total. The van der Waals surface area contributed by atoms with Crippen molar-refractivity contribution in [1.29, 1.82) is 0 Å². The van der Waals surface area contributed by atoms with Crippen LogP contribution in [0.5, 0.6) is 0 Å². The van der Waals surface area contributed by atoms with Gasteiger partial charge in [0.05, 0.1) is 18.0 Å². The second-order valence-corrected chi connectivity index (χ2v) is 4.80. The number of nitrogens with zero attached hydrogens (tertiary/aromatic N) is 2. The van der Waals surface area contributed by atoms with E-state index in [9.17, 15) is 0 Å². The second-order valence-electron chi connectivity index (χ2n) is 3.77. The Morgan fingerprint density at radius 3 is 2.88 bits per heavy atom. The summed E-state index contributed by atoms with van der Waals surface area (Å²) in [5, 5.41) is 0.893. The quantitative estimate of drug-likeness (QED) is 0.903. The average Bonchev–Trinajstić information content (AvgIpc) is 2.75. The molecule has 0 saturated carbocycles. The van der Waals surface area contributed by atoms with Crippen molar-refractivity contribution in [3.63, 3.8) is 0 Å². The van der Waals surface area contributed by atoms with Crippen molar-refractivity contribution in [1.82, 2.24) is 9.97 Å². The molecule has 0 aliphatic carbocycles. The molecule has 2 aromatic rings. The van der Waals surface area contributed by atoms with E-state index in [4.69, 9.17) is 10.5 Å². The van der Waals surface area contributed by atoms with E-state index in [-0.39, 0.29) is 6.04 Å². The van der Waals surface area contributed by atoms with Gasteiger partial charge in [0.2, 0.25) is 0 Å². The van der Waals surface area contributed by atoms with Gasteiger partial charge in [0.15, 0.2) is 0 Å². The summed E-state index contributed by atoms with van der Waals surface area (Å²) in [6, 6.07) is 5.75. The first-order chi connectivity index (χ1) is 8.22. The molecule has 0 aliphatic rings. The van der Waals surface area contributed by atoms with Crippen LogP contribution in [0.15, 0.2) is 24.4 Å². The van der Waals surface area contributed by atoms with Crippen LogP contribution >= 0.6 is 11.3 Å². The summed E-state index contributed by atoms with van der Waals surface area (Å²) in [6.07, 6.45) is 1.76. The van der Waals surface area contributed by atoms with Gasteiger partial charge in [-0.05, 0) is 19.1 Å². The lowest BCUT2D eigenvalue weighted by Gasteiger charge is -2.03. The molecule has 0 spiro atoms. The summed E-state index contributed by atoms with van der Waals surface area (Å²) in [4.78, 5) is 9.89. The van der Waals surface area contributed by atoms with Gasteiger partial charge in [-0.15, -0.1) is 11.3 Å². The summed E-state index contributed by atoms with van der Waals surface area (Å²) in [5.74, 6) is 0. The molecule has 0 saturated heterocycles. The van der Waals surface area contributed by atoms with Crippen LogP contribution in [0.4, 0.5) is 0 Å². The minimum atomic E-state index is -0.0323. The number of aromatic nitrogens is 2. The van der Waals surface area contributed by atoms with Crippen LogP contribution in [-0.2, 0) is 11.3 Å². The maximum absolute atomic E-state index is 5.93. The largest absolute Gasteiger partial charge is 0.378 e. The molecule has 0 aliphatic heterocycles. The normalized spacial score (nSPS) is 12.6. The average molecular weight is 249 g/mol. The first kappa shape index (κ1) is 12.2. The van der Waals surface area contributed by atoms with Crippen LogP contribution in [0, 0.1) is 0 Å². The number of methoxy groups -OCH3 is 1. The number of pyridine rings is 1. The number of thiazole rings is 1. The van der Waals surface area contributed by atoms with Crippen LogP contribution in [0.3, 0.4) is 0 Å². The highest BCUT2D eigenvalue weighted by Crippen LogP contribution is 2.30. The molecule has 1 atom stereocenters. The molecule has 1 unspecified atom stereocenters. The van der Waals surface area contributed by atoms with Crippen molar-refractivity contribution in [2.75, 3.05) is 7.11 Å². The Bertz CT molecular complexity index is 482. The molecule has 0 amide bonds. The minimum Gasteiger partial charge on any atom is -0.378 e. The Hall–Kier alpha value is -1.30. The van der Waals surface area contributed by atoms with Crippen molar-refractivity contribution >= 4 is 11.3 Å². The summed E-state index contributed by atoms with van der Waals surface area (Å²) in [7, 11) is 1.66. The Labute approximate surface area is 104 Å². The zero-order valence-electron chi connectivity index (χ0n) is 9.88. The topological polar surface area (TPSA) is 61.0 Å². The highest BCUT2D eigenvalue weighted by Gasteiger charge is 2.15. The first-order valence-corrected chi connectivity index (χ1v) is 6.19. The Morgan fingerprint density at radius 2 is 2.29 bits per heavy atom. The van der Waals surface area contributed by atoms with E-state index in [1.54, 1.807) is 24.6 Å². The molecule has 2 heterocycles. The zero-order valence-corrected chi connectivity index (χ0v) is 10.7. The molecule has 0 radical (unpaired) electrons. The zero-order chi connectivity index (χ0) is 12.3. The lowest BCUT2D eigenvalue weighted by atomic mass is 10.2. The van der Waals surface area contributed by atoms with Crippen LogP contribution in [0.1, 0.15) is 23.5 Å². The van der Waals surface area contributed by atoms with Gasteiger partial charge < -0.3 is 10.5 Å². The van der Waals surface area contributed by atoms with Crippen LogP contribution in [0.2, 0.25) is 0 Å². The van der Waals surface area contributed by atoms with Crippen LogP contribution in [0.25, 0.3) is 10.7 Å². The molecule has 2 aromatic heterocycles. The maximum atomic E-state index is 5.93. The van der Waals surface area contributed by atoms with Crippen molar-refractivity contribution in [3.8, 4) is 10.7 Å². The standard InChI is InChI=1S/C12H15N3OS/c1-8(13)11-10(7-16-2)15-12(17-11)9-5-3-4-6-14-9/h3-6,8H,7,13H2,1-2H3. The molecular formula is C12H15N3OS. The molecule has 90 valence electrons. The summed E-state index contributed by atoms with van der Waals surface area (Å²) >= 11 is 1.58. The molecule has 5 heteroatoms. The molecule has 2 rings (SSSR count). The van der Waals surface area contributed by atoms with Gasteiger partial charge in [-0.1, -0.05) is 6.07 Å². The van der Waals surface area contributed by atoms with Gasteiger partial charge in [0.1, 0.15) is 5.01 Å². The fourth-order valence-electron chi connectivity index (χ4n) is 1.56. The molecule has 2 N–H and O–H groups in total. The third kappa shape index (κ3) is 2.69. The van der Waals surface area contributed by atoms with E-state index in [1.807, 2.05) is 25.1 Å². The summed E-state index contributed by atoms with van der Waals surface area (Å²) in [5.41, 5.74) is 7.72. The Kier molecular flexibility index (Phi) is 3.83. The highest BCUT2D eigenvalue weighted by atomic mass is 32.1. The van der Waals surface area contributed by atoms with Gasteiger partial charge in [0, 0.05) is 24.2 Å². The fraction of sp³-hybridized carbons (Fsp3) is 0.333. The molecular weight excluding hydrogens is 234 g/mol. The number of ether oxygens (including phenoxy) is 1. The molecule has 0 fully saturated rings. The minimum absolute atomic E-state index is 0.0323. The Morgan fingerprint density at radius 1 is 1.47 bits per heavy atom. The number of hydrogen-bond donors (Lipinski definition) is 1. The van der Waals surface area contributed by atoms with Crippen molar-refractivity contribution in [2.24, 2.45) is 5.73 Å². The summed E-state index contributed by atoms with van der Waals surface area (Å²) in [6.45, 7) is 2.44. The van der Waals surface area contributed by atoms with Crippen molar-refractivity contribution in [2.45, 2.75) is 19.6 Å². The van der Waals surface area contributed by atoms with E-state index >= 15 is 0 Å². The summed E-state index contributed by atoms with van der Waals surface area (Å²) < 4.78 is 5.14. The van der Waals surface area contributed by atoms with Crippen molar-refractivity contribution in [3.05, 3.63) is 35.0 Å². The van der Waals surface area contributed by atoms with Crippen LogP contribution < -0.4 is 5.73 Å². The molecule has 0 aromatic carbocycles. The number of rotatable bonds is 4. The van der Waals surface area contributed by atoms with E-state index in [2.05, 4.69) is 9.97 Å². The van der Waals surface area contributed by atoms with Gasteiger partial charge in [-0.2, -0.15) is 0 Å². The second kappa shape index (κ2) is 5.35. The maximum Gasteiger partial charge on any atom is 0.142 e. The number of hydrogen-bond acceptors (Lipinski definition) is 5. The van der Waals surface area contributed by atoms with E-state index in [1.165, 1.54) is 0 Å². The Balaban J connectivity index is 2.40. The fourth-order valence-corrected chi connectivity index (χ4v) is 2.56. The lowest BCUT2D eigenvalue weighted by Crippen LogP contribution is -2.06. The molecule has 0 bridgehead atoms.